The van der Waals surface area contributed by atoms with E-state index >= 15 is 0 Å². The van der Waals surface area contributed by atoms with Gasteiger partial charge in [0.05, 0.1) is 89.2 Å². The minimum Gasteiger partial charge on any atom is -0.371 e. The lowest BCUT2D eigenvalue weighted by atomic mass is 9.89. The van der Waals surface area contributed by atoms with E-state index in [1.165, 1.54) is 0 Å². The van der Waals surface area contributed by atoms with Gasteiger partial charge in [0.1, 0.15) is 5.56 Å². The summed E-state index contributed by atoms with van der Waals surface area (Å²) in [5.41, 5.74) is -0.0212. The van der Waals surface area contributed by atoms with Crippen molar-refractivity contribution in [1.29, 1.82) is 0 Å². The summed E-state index contributed by atoms with van der Waals surface area (Å²) in [7, 11) is 0. The minimum atomic E-state index is -1.04. The minimum absolute atomic E-state index is 0.0296. The Kier molecular flexibility index (Phi) is 23.8. The van der Waals surface area contributed by atoms with Crippen LogP contribution in [0.15, 0.2) is 30.3 Å². The molecule has 1 aromatic rings. The van der Waals surface area contributed by atoms with Gasteiger partial charge in [-0.15, -0.1) is 151 Å². The molecule has 0 bridgehead atoms. The molecule has 0 aliphatic heterocycles. The predicted octanol–water partition coefficient (Wildman–Crippen LogP) is 13.1. The lowest BCUT2D eigenvalue weighted by Gasteiger charge is -2.35. The van der Waals surface area contributed by atoms with E-state index < -0.39 is 75.5 Å². The largest absolute Gasteiger partial charge is 0.371 e. The van der Waals surface area contributed by atoms with Crippen molar-refractivity contribution in [2.75, 3.05) is 6.61 Å². The SMILES string of the molecule is CC(C)C(Cl)C(Cl)C(Cl)C(Cl)C(Cl)C(Cl)C(Cl)C(Cl)C(Cl)C(Cl)C(Cl)C(Cl)C(Cl)C(Cl)OCC(CC(C)(C)C)OCc1ccccc1. The molecule has 0 saturated heterocycles. The van der Waals surface area contributed by atoms with Gasteiger partial charge in [-0.3, -0.25) is 0 Å². The zero-order valence-electron chi connectivity index (χ0n) is 26.4. The smallest absolute Gasteiger partial charge is 0.149 e. The van der Waals surface area contributed by atoms with E-state index in [1.807, 2.05) is 44.2 Å². The van der Waals surface area contributed by atoms with E-state index in [1.54, 1.807) is 0 Å². The van der Waals surface area contributed by atoms with Crippen LogP contribution in [0.25, 0.3) is 0 Å². The van der Waals surface area contributed by atoms with Gasteiger partial charge in [-0.05, 0) is 23.3 Å². The molecule has 276 valence electrons. The Bertz CT molecular complexity index is 989. The van der Waals surface area contributed by atoms with Crippen molar-refractivity contribution in [1.82, 2.24) is 0 Å². The molecule has 0 aliphatic carbocycles. The topological polar surface area (TPSA) is 18.5 Å². The average Bonchev–Trinajstić information content (AvgIpc) is 3.04. The Labute approximate surface area is 351 Å². The van der Waals surface area contributed by atoms with Crippen LogP contribution in [0.1, 0.15) is 46.6 Å². The average molecular weight is 943 g/mol. The third-order valence-electron chi connectivity index (χ3n) is 7.15. The lowest BCUT2D eigenvalue weighted by molar-refractivity contribution is -0.0497. The first kappa shape index (κ1) is 48.2. The van der Waals surface area contributed by atoms with Crippen LogP contribution in [0.2, 0.25) is 0 Å². The zero-order valence-corrected chi connectivity index (χ0v) is 36.9. The van der Waals surface area contributed by atoms with Crippen LogP contribution in [0.3, 0.4) is 0 Å². The van der Waals surface area contributed by atoms with E-state index in [2.05, 4.69) is 20.8 Å². The maximum absolute atomic E-state index is 6.66. The first-order valence-corrected chi connectivity index (χ1v) is 21.0. The van der Waals surface area contributed by atoms with E-state index in [0.29, 0.717) is 13.0 Å². The first-order valence-electron chi connectivity index (χ1n) is 14.9. The van der Waals surface area contributed by atoms with Gasteiger partial charge in [0, 0.05) is 0 Å². The summed E-state index contributed by atoms with van der Waals surface area (Å²) < 4.78 is 12.1. The normalized spacial score (nSPS) is 22.6. The second-order valence-corrected chi connectivity index (χ2v) is 19.9. The predicted molar refractivity (Wildman–Crippen MR) is 215 cm³/mol. The molecule has 1 aromatic carbocycles. The fraction of sp³-hybridized carbons (Fsp3) is 0.806. The third kappa shape index (κ3) is 16.2. The molecule has 0 aromatic heterocycles. The van der Waals surface area contributed by atoms with E-state index in [0.717, 1.165) is 5.56 Å². The molecule has 15 atom stereocenters. The van der Waals surface area contributed by atoms with Gasteiger partial charge >= 0.3 is 0 Å². The Morgan fingerprint density at radius 1 is 0.489 bits per heavy atom. The van der Waals surface area contributed by atoms with Crippen molar-refractivity contribution in [3.8, 4) is 0 Å². The highest BCUT2D eigenvalue weighted by Crippen LogP contribution is 2.39. The molecular formula is C31H42Cl14O2. The van der Waals surface area contributed by atoms with Gasteiger partial charge in [-0.2, -0.15) is 0 Å². The van der Waals surface area contributed by atoms with E-state index in [4.69, 9.17) is 172 Å². The number of ether oxygens (including phenoxy) is 2. The van der Waals surface area contributed by atoms with Crippen LogP contribution in [-0.4, -0.2) is 88.2 Å². The van der Waals surface area contributed by atoms with Gasteiger partial charge in [-0.1, -0.05) is 76.6 Å². The number of rotatable bonds is 21. The van der Waals surface area contributed by atoms with E-state index in [9.17, 15) is 0 Å². The van der Waals surface area contributed by atoms with Crippen LogP contribution >= 0.6 is 162 Å². The molecule has 47 heavy (non-hydrogen) atoms. The fourth-order valence-corrected chi connectivity index (χ4v) is 9.44. The van der Waals surface area contributed by atoms with Gasteiger partial charge in [0.2, 0.25) is 0 Å². The summed E-state index contributed by atoms with van der Waals surface area (Å²) in [6.45, 7) is 10.7. The highest BCUT2D eigenvalue weighted by atomic mass is 35.5. The second kappa shape index (κ2) is 23.2. The summed E-state index contributed by atoms with van der Waals surface area (Å²) in [4.78, 5) is 0. The summed E-state index contributed by atoms with van der Waals surface area (Å²) in [5, 5.41) is -12.0. The van der Waals surface area contributed by atoms with Crippen LogP contribution in [0, 0.1) is 11.3 Å². The highest BCUT2D eigenvalue weighted by Gasteiger charge is 2.45. The molecule has 1 rings (SSSR count). The first-order chi connectivity index (χ1) is 21.6. The van der Waals surface area contributed by atoms with Gasteiger partial charge in [0.15, 0.2) is 0 Å². The molecule has 0 aliphatic rings. The fourth-order valence-electron chi connectivity index (χ4n) is 4.37. The summed E-state index contributed by atoms with van der Waals surface area (Å²) in [5.74, 6) is 0.0438. The Morgan fingerprint density at radius 3 is 1.17 bits per heavy atom. The monoisotopic (exact) mass is 936 g/mol. The molecule has 0 amide bonds. The highest BCUT2D eigenvalue weighted by molar-refractivity contribution is 6.45. The van der Waals surface area contributed by atoms with Crippen LogP contribution in [-0.2, 0) is 16.1 Å². The number of halogens is 14. The number of benzene rings is 1. The summed E-state index contributed by atoms with van der Waals surface area (Å²) in [6, 6.07) is 9.83. The lowest BCUT2D eigenvalue weighted by Crippen LogP contribution is -2.49. The van der Waals surface area contributed by atoms with Crippen molar-refractivity contribution < 1.29 is 9.47 Å². The zero-order chi connectivity index (χ0) is 36.4. The van der Waals surface area contributed by atoms with E-state index in [-0.39, 0.29) is 24.0 Å². The molecular weight excluding hydrogens is 901 g/mol. The molecule has 16 heteroatoms. The quantitative estimate of drug-likeness (QED) is 0.114. The molecule has 0 saturated carbocycles. The van der Waals surface area contributed by atoms with Crippen molar-refractivity contribution >= 4 is 162 Å². The number of hydrogen-bond acceptors (Lipinski definition) is 2. The van der Waals surface area contributed by atoms with Gasteiger partial charge in [0.25, 0.3) is 0 Å². The maximum atomic E-state index is 6.66. The molecule has 0 heterocycles. The molecule has 2 nitrogen and oxygen atoms in total. The number of alkyl halides is 14. The van der Waals surface area contributed by atoms with Crippen molar-refractivity contribution in [3.05, 3.63) is 35.9 Å². The van der Waals surface area contributed by atoms with Crippen molar-refractivity contribution in [3.63, 3.8) is 0 Å². The molecule has 15 unspecified atom stereocenters. The summed E-state index contributed by atoms with van der Waals surface area (Å²) >= 11 is 92.1. The number of hydrogen-bond donors (Lipinski definition) is 0. The molecule has 0 spiro atoms. The van der Waals surface area contributed by atoms with Gasteiger partial charge < -0.3 is 9.47 Å². The molecule has 0 radical (unpaired) electrons. The van der Waals surface area contributed by atoms with Crippen LogP contribution in [0.5, 0.6) is 0 Å². The van der Waals surface area contributed by atoms with Crippen molar-refractivity contribution in [2.45, 2.75) is 129 Å². The Hall–Kier alpha value is 3.20. The summed E-state index contributed by atoms with van der Waals surface area (Å²) in [6.07, 6.45) is 0.454. The Balaban J connectivity index is 2.81. The van der Waals surface area contributed by atoms with Gasteiger partial charge in [-0.25, -0.2) is 0 Å². The standard InChI is InChI=1S/C31H42Cl14O2/c1-14(2)17(32)18(33)19(34)20(35)21(36)22(37)23(38)24(39)25(40)26(41)27(42)28(43)29(44)30(45)47-13-16(11-31(3,4)5)46-12-15-9-7-6-8-10-15/h6-10,14,16-30H,11-13H2,1-5H3. The van der Waals surface area contributed by atoms with Crippen LogP contribution < -0.4 is 0 Å². The maximum Gasteiger partial charge on any atom is 0.149 e. The van der Waals surface area contributed by atoms with Crippen LogP contribution in [0.4, 0.5) is 0 Å². The van der Waals surface area contributed by atoms with Crippen molar-refractivity contribution in [2.24, 2.45) is 11.3 Å². The Morgan fingerprint density at radius 2 is 0.830 bits per heavy atom. The molecule has 0 N–H and O–H groups in total. The molecule has 0 fully saturated rings. The third-order valence-corrected chi connectivity index (χ3v) is 16.5. The second-order valence-electron chi connectivity index (χ2n) is 12.9.